The predicted molar refractivity (Wildman–Crippen MR) is 124 cm³/mol. The second-order valence-corrected chi connectivity index (χ2v) is 8.92. The van der Waals surface area contributed by atoms with Crippen LogP contribution in [0.4, 0.5) is 8.78 Å². The molecule has 0 saturated carbocycles. The zero-order chi connectivity index (χ0) is 24.2. The van der Waals surface area contributed by atoms with Gasteiger partial charge in [0.2, 0.25) is 11.8 Å². The number of nitrogens with zero attached hydrogens (tertiary/aromatic N) is 1. The molecule has 2 aliphatic rings. The van der Waals surface area contributed by atoms with E-state index in [1.807, 2.05) is 44.2 Å². The van der Waals surface area contributed by atoms with E-state index in [4.69, 9.17) is 0 Å². The molecule has 2 aromatic carbocycles. The fraction of sp³-hybridized carbons (Fsp3) is 0.360. The van der Waals surface area contributed by atoms with Crippen LogP contribution in [0.5, 0.6) is 0 Å². The van der Waals surface area contributed by atoms with Crippen molar-refractivity contribution < 1.29 is 18.4 Å². The minimum absolute atomic E-state index is 0.000485. The highest BCUT2D eigenvalue weighted by atomic mass is 19.1. The van der Waals surface area contributed by atoms with E-state index in [9.17, 15) is 18.4 Å². The number of nitrogens with one attached hydrogen (secondary N) is 4. The number of hydrogen-bond acceptors (Lipinski definition) is 5. The third kappa shape index (κ3) is 5.20. The minimum Gasteiger partial charge on any atom is -0.343 e. The molecular formula is C25H29F2N5O2. The molecule has 34 heavy (non-hydrogen) atoms. The van der Waals surface area contributed by atoms with Crippen molar-refractivity contribution in [2.24, 2.45) is 0 Å². The van der Waals surface area contributed by atoms with E-state index in [2.05, 4.69) is 21.7 Å². The van der Waals surface area contributed by atoms with Gasteiger partial charge in [0.25, 0.3) is 0 Å². The highest BCUT2D eigenvalue weighted by Crippen LogP contribution is 2.28. The topological polar surface area (TPSA) is 85.5 Å². The number of hydrazine groups is 2. The fourth-order valence-corrected chi connectivity index (χ4v) is 4.38. The molecule has 0 aliphatic carbocycles. The summed E-state index contributed by atoms with van der Waals surface area (Å²) in [6.07, 6.45) is 0.222. The molecule has 9 heteroatoms. The van der Waals surface area contributed by atoms with Crippen LogP contribution >= 0.6 is 0 Å². The first-order chi connectivity index (χ1) is 16.3. The van der Waals surface area contributed by atoms with Gasteiger partial charge >= 0.3 is 0 Å². The maximum absolute atomic E-state index is 14.8. The van der Waals surface area contributed by atoms with Crippen molar-refractivity contribution in [3.05, 3.63) is 82.9 Å². The van der Waals surface area contributed by atoms with Gasteiger partial charge in [-0.3, -0.25) is 9.59 Å². The van der Waals surface area contributed by atoms with Crippen molar-refractivity contribution in [1.29, 1.82) is 0 Å². The number of benzene rings is 2. The molecule has 0 bridgehead atoms. The van der Waals surface area contributed by atoms with Gasteiger partial charge in [0.1, 0.15) is 18.0 Å². The molecule has 0 aromatic heterocycles. The van der Waals surface area contributed by atoms with Crippen molar-refractivity contribution in [2.45, 2.75) is 50.9 Å². The average Bonchev–Trinajstić information content (AvgIpc) is 3.47. The first kappa shape index (κ1) is 23.7. The molecule has 0 unspecified atom stereocenters. The molecule has 4 N–H and O–H groups in total. The second-order valence-electron chi connectivity index (χ2n) is 8.92. The first-order valence-corrected chi connectivity index (χ1v) is 11.4. The summed E-state index contributed by atoms with van der Waals surface area (Å²) in [4.78, 5) is 27.4. The third-order valence-corrected chi connectivity index (χ3v) is 6.16. The summed E-state index contributed by atoms with van der Waals surface area (Å²) in [5.74, 6) is -1.15. The molecule has 2 heterocycles. The van der Waals surface area contributed by atoms with Gasteiger partial charge in [-0.25, -0.2) is 8.78 Å². The van der Waals surface area contributed by atoms with Crippen LogP contribution in [0.3, 0.4) is 0 Å². The third-order valence-electron chi connectivity index (χ3n) is 6.16. The van der Waals surface area contributed by atoms with E-state index in [0.29, 0.717) is 16.8 Å². The van der Waals surface area contributed by atoms with Crippen molar-refractivity contribution in [1.82, 2.24) is 26.6 Å². The van der Waals surface area contributed by atoms with Gasteiger partial charge in [0, 0.05) is 12.6 Å². The number of amides is 2. The highest BCUT2D eigenvalue weighted by Gasteiger charge is 2.40. The van der Waals surface area contributed by atoms with E-state index in [-0.39, 0.29) is 37.0 Å². The Kier molecular flexibility index (Phi) is 7.12. The smallest absolute Gasteiger partial charge is 0.243 e. The summed E-state index contributed by atoms with van der Waals surface area (Å²) in [5, 5.41) is 2.95. The molecule has 3 atom stereocenters. The number of alkyl halides is 1. The molecule has 2 amide bonds. The Morgan fingerprint density at radius 3 is 2.56 bits per heavy atom. The first-order valence-electron chi connectivity index (χ1n) is 11.4. The van der Waals surface area contributed by atoms with Gasteiger partial charge < -0.3 is 21.1 Å². The molecule has 1 saturated heterocycles. The van der Waals surface area contributed by atoms with E-state index >= 15 is 0 Å². The zero-order valence-electron chi connectivity index (χ0n) is 19.1. The molecule has 4 rings (SSSR count). The summed E-state index contributed by atoms with van der Waals surface area (Å²) >= 11 is 0. The van der Waals surface area contributed by atoms with Crippen molar-refractivity contribution in [3.63, 3.8) is 0 Å². The predicted octanol–water partition coefficient (Wildman–Crippen LogP) is 2.94. The largest absolute Gasteiger partial charge is 0.343 e. The number of carbonyl (C=O) groups is 2. The fourth-order valence-electron chi connectivity index (χ4n) is 4.38. The average molecular weight is 470 g/mol. The zero-order valence-corrected chi connectivity index (χ0v) is 19.1. The van der Waals surface area contributed by atoms with Gasteiger partial charge in [-0.15, -0.1) is 0 Å². The number of hydrogen-bond donors (Lipinski definition) is 4. The van der Waals surface area contributed by atoms with Gasteiger partial charge in [0.15, 0.2) is 0 Å². The monoisotopic (exact) mass is 469 g/mol. The lowest BCUT2D eigenvalue weighted by Crippen LogP contribution is -2.47. The molecule has 2 aliphatic heterocycles. The van der Waals surface area contributed by atoms with Crippen LogP contribution in [-0.4, -0.2) is 35.5 Å². The molecular weight excluding hydrogens is 440 g/mol. The highest BCUT2D eigenvalue weighted by molar-refractivity contribution is 5.89. The van der Waals surface area contributed by atoms with E-state index in [1.165, 1.54) is 11.0 Å². The second kappa shape index (κ2) is 10.2. The van der Waals surface area contributed by atoms with E-state index < -0.39 is 24.2 Å². The number of carbonyl (C=O) groups excluding carboxylic acids is 2. The van der Waals surface area contributed by atoms with Gasteiger partial charge in [0.05, 0.1) is 24.7 Å². The Labute approximate surface area is 197 Å². The molecule has 0 spiro atoms. The van der Waals surface area contributed by atoms with Crippen LogP contribution in [-0.2, 0) is 9.59 Å². The Balaban J connectivity index is 1.57. The summed E-state index contributed by atoms with van der Waals surface area (Å²) in [6, 6.07) is 12.6. The Morgan fingerprint density at radius 2 is 1.91 bits per heavy atom. The quantitative estimate of drug-likeness (QED) is 0.501. The summed E-state index contributed by atoms with van der Waals surface area (Å²) < 4.78 is 29.1. The lowest BCUT2D eigenvalue weighted by molar-refractivity contribution is -0.138. The van der Waals surface area contributed by atoms with Crippen LogP contribution in [0, 0.1) is 5.82 Å². The van der Waals surface area contributed by atoms with Crippen LogP contribution in [0.15, 0.2) is 60.4 Å². The lowest BCUT2D eigenvalue weighted by Gasteiger charge is -2.27. The maximum Gasteiger partial charge on any atom is 0.243 e. The lowest BCUT2D eigenvalue weighted by atomic mass is 9.94. The van der Waals surface area contributed by atoms with Gasteiger partial charge in [-0.1, -0.05) is 56.3 Å². The summed E-state index contributed by atoms with van der Waals surface area (Å²) in [7, 11) is 0. The molecule has 2 aromatic rings. The Bertz CT molecular complexity index is 1080. The Morgan fingerprint density at radius 1 is 1.15 bits per heavy atom. The van der Waals surface area contributed by atoms with Crippen molar-refractivity contribution >= 4 is 11.8 Å². The number of rotatable bonds is 7. The van der Waals surface area contributed by atoms with Crippen LogP contribution in [0.1, 0.15) is 55.3 Å². The molecule has 0 radical (unpaired) electrons. The minimum atomic E-state index is -1.29. The van der Waals surface area contributed by atoms with Crippen LogP contribution in [0.2, 0.25) is 0 Å². The summed E-state index contributed by atoms with van der Waals surface area (Å²) in [5.41, 5.74) is 10.7. The maximum atomic E-state index is 14.8. The molecule has 7 nitrogen and oxygen atoms in total. The van der Waals surface area contributed by atoms with Crippen molar-refractivity contribution in [2.75, 3.05) is 6.54 Å². The van der Waals surface area contributed by atoms with Gasteiger partial charge in [-0.2, -0.15) is 5.53 Å². The van der Waals surface area contributed by atoms with E-state index in [0.717, 1.165) is 5.56 Å². The number of likely N-dealkylation sites (tertiary alicyclic amines) is 1. The standard InChI is InChI=1S/C25H29F2N5O2/c1-15(2)20-9-8-17(10-21(20)27)24(16-6-4-3-5-7-16)29-25(34)22-11-18(26)14-32(22)23(33)12-19-13-28-31-30-19/h3-10,13,15,18,22,24,28,30-31H,11-12,14H2,1-2H3,(H,29,34)/t18-,22+,24+/m1/s1. The molecule has 180 valence electrons. The number of halogens is 2. The van der Waals surface area contributed by atoms with Gasteiger partial charge in [-0.05, 0) is 28.7 Å². The molecule has 1 fully saturated rings. The van der Waals surface area contributed by atoms with Crippen LogP contribution in [0.25, 0.3) is 0 Å². The SMILES string of the molecule is CC(C)c1ccc([C@@H](NC(=O)[C@@H]2C[C@@H](F)CN2C(=O)CC2=CNNN2)c2ccccc2)cc1F. The van der Waals surface area contributed by atoms with Crippen LogP contribution < -0.4 is 21.7 Å². The van der Waals surface area contributed by atoms with Crippen molar-refractivity contribution in [3.8, 4) is 0 Å². The normalized spacial score (nSPS) is 20.5. The Hall–Kier alpha value is -3.46. The summed E-state index contributed by atoms with van der Waals surface area (Å²) in [6.45, 7) is 3.69. The van der Waals surface area contributed by atoms with E-state index in [1.54, 1.807) is 18.3 Å².